The maximum atomic E-state index is 13.2. The monoisotopic (exact) mass is 507 g/mol. The summed E-state index contributed by atoms with van der Waals surface area (Å²) in [7, 11) is -3.58. The topological polar surface area (TPSA) is 86.8 Å². The highest BCUT2D eigenvalue weighted by Crippen LogP contribution is 2.27. The van der Waals surface area contributed by atoms with Crippen molar-refractivity contribution >= 4 is 39.1 Å². The molecule has 0 aliphatic rings. The SMILES string of the molecule is CCNC(=O)[C@H](C)N(Cc1cccc(C)c1)C(=O)CCCN(c1cc(Cl)ccc1C)S(C)(=O)=O. The van der Waals surface area contributed by atoms with Gasteiger partial charge in [0.25, 0.3) is 0 Å². The number of hydrogen-bond acceptors (Lipinski definition) is 4. The second-order valence-electron chi connectivity index (χ2n) is 8.45. The second-order valence-corrected chi connectivity index (χ2v) is 10.8. The van der Waals surface area contributed by atoms with Crippen LogP contribution in [0.5, 0.6) is 0 Å². The van der Waals surface area contributed by atoms with E-state index in [9.17, 15) is 18.0 Å². The van der Waals surface area contributed by atoms with Crippen LogP contribution < -0.4 is 9.62 Å². The fourth-order valence-corrected chi connectivity index (χ4v) is 4.93. The Bertz CT molecular complexity index is 1120. The Kier molecular flexibility index (Phi) is 9.94. The summed E-state index contributed by atoms with van der Waals surface area (Å²) >= 11 is 6.10. The van der Waals surface area contributed by atoms with Crippen molar-refractivity contribution < 1.29 is 18.0 Å². The van der Waals surface area contributed by atoms with Crippen molar-refractivity contribution in [1.29, 1.82) is 0 Å². The van der Waals surface area contributed by atoms with Gasteiger partial charge in [0.2, 0.25) is 21.8 Å². The number of nitrogens with zero attached hydrogens (tertiary/aromatic N) is 2. The molecule has 0 heterocycles. The van der Waals surface area contributed by atoms with Gasteiger partial charge in [-0.2, -0.15) is 0 Å². The molecule has 0 aliphatic heterocycles. The summed E-state index contributed by atoms with van der Waals surface area (Å²) in [6, 6.07) is 12.2. The first-order valence-corrected chi connectivity index (χ1v) is 13.5. The van der Waals surface area contributed by atoms with Crippen LogP contribution in [0, 0.1) is 13.8 Å². The zero-order valence-electron chi connectivity index (χ0n) is 20.5. The molecule has 7 nitrogen and oxygen atoms in total. The third-order valence-electron chi connectivity index (χ3n) is 5.55. The average Bonchev–Trinajstić information content (AvgIpc) is 2.75. The lowest BCUT2D eigenvalue weighted by molar-refractivity contribution is -0.140. The Morgan fingerprint density at radius 2 is 1.82 bits per heavy atom. The normalized spacial score (nSPS) is 12.2. The molecule has 0 unspecified atom stereocenters. The van der Waals surface area contributed by atoms with Gasteiger partial charge in [0.05, 0.1) is 11.9 Å². The summed E-state index contributed by atoms with van der Waals surface area (Å²) in [4.78, 5) is 27.3. The number of rotatable bonds is 11. The quantitative estimate of drug-likeness (QED) is 0.497. The molecule has 1 N–H and O–H groups in total. The lowest BCUT2D eigenvalue weighted by atomic mass is 10.1. The molecular weight excluding hydrogens is 474 g/mol. The summed E-state index contributed by atoms with van der Waals surface area (Å²) in [5.41, 5.74) is 3.26. The van der Waals surface area contributed by atoms with Gasteiger partial charge < -0.3 is 10.2 Å². The molecule has 2 aromatic rings. The molecule has 2 amide bonds. The molecule has 0 radical (unpaired) electrons. The van der Waals surface area contributed by atoms with Crippen molar-refractivity contribution in [3.05, 3.63) is 64.2 Å². The zero-order valence-corrected chi connectivity index (χ0v) is 22.0. The number of hydrogen-bond donors (Lipinski definition) is 1. The van der Waals surface area contributed by atoms with Gasteiger partial charge in [0, 0.05) is 31.1 Å². The van der Waals surface area contributed by atoms with Crippen LogP contribution in [0.4, 0.5) is 5.69 Å². The molecule has 1 atom stereocenters. The maximum absolute atomic E-state index is 13.2. The van der Waals surface area contributed by atoms with E-state index in [-0.39, 0.29) is 24.8 Å². The van der Waals surface area contributed by atoms with Crippen LogP contribution in [0.25, 0.3) is 0 Å². The minimum Gasteiger partial charge on any atom is -0.355 e. The van der Waals surface area contributed by atoms with Gasteiger partial charge in [-0.3, -0.25) is 13.9 Å². The van der Waals surface area contributed by atoms with E-state index in [0.29, 0.717) is 30.2 Å². The molecule has 2 aromatic carbocycles. The molecule has 0 fully saturated rings. The maximum Gasteiger partial charge on any atom is 0.242 e. The number of likely N-dealkylation sites (N-methyl/N-ethyl adjacent to an activating group) is 1. The van der Waals surface area contributed by atoms with Crippen LogP contribution in [0.1, 0.15) is 43.4 Å². The smallest absolute Gasteiger partial charge is 0.242 e. The number of anilines is 1. The third-order valence-corrected chi connectivity index (χ3v) is 6.96. The first-order valence-electron chi connectivity index (χ1n) is 11.3. The van der Waals surface area contributed by atoms with Crippen molar-refractivity contribution in [3.8, 4) is 0 Å². The van der Waals surface area contributed by atoms with E-state index in [4.69, 9.17) is 11.6 Å². The zero-order chi connectivity index (χ0) is 25.5. The van der Waals surface area contributed by atoms with Crippen molar-refractivity contribution in [2.75, 3.05) is 23.7 Å². The Balaban J connectivity index is 2.19. The Morgan fingerprint density at radius 1 is 1.12 bits per heavy atom. The van der Waals surface area contributed by atoms with Crippen LogP contribution in [0.2, 0.25) is 5.02 Å². The fraction of sp³-hybridized carbons (Fsp3) is 0.440. The van der Waals surface area contributed by atoms with Crippen LogP contribution in [-0.2, 0) is 26.2 Å². The van der Waals surface area contributed by atoms with E-state index in [1.807, 2.05) is 45.0 Å². The molecule has 0 spiro atoms. The van der Waals surface area contributed by atoms with Gasteiger partial charge in [-0.1, -0.05) is 47.5 Å². The third kappa shape index (κ3) is 7.74. The van der Waals surface area contributed by atoms with E-state index >= 15 is 0 Å². The first-order chi connectivity index (χ1) is 15.9. The van der Waals surface area contributed by atoms with Gasteiger partial charge >= 0.3 is 0 Å². The van der Waals surface area contributed by atoms with E-state index in [0.717, 1.165) is 22.9 Å². The largest absolute Gasteiger partial charge is 0.355 e. The molecule has 0 aromatic heterocycles. The van der Waals surface area contributed by atoms with Crippen LogP contribution >= 0.6 is 11.6 Å². The van der Waals surface area contributed by atoms with Gasteiger partial charge in [0.15, 0.2) is 0 Å². The summed E-state index contributed by atoms with van der Waals surface area (Å²) in [6.07, 6.45) is 1.53. The molecule has 34 heavy (non-hydrogen) atoms. The molecule has 0 aliphatic carbocycles. The Hall–Kier alpha value is -2.58. The van der Waals surface area contributed by atoms with Gasteiger partial charge in [-0.05, 0) is 57.4 Å². The van der Waals surface area contributed by atoms with Crippen LogP contribution in [0.3, 0.4) is 0 Å². The minimum absolute atomic E-state index is 0.0984. The number of nitrogens with one attached hydrogen (secondary N) is 1. The highest BCUT2D eigenvalue weighted by atomic mass is 35.5. The van der Waals surface area contributed by atoms with Crippen molar-refractivity contribution in [3.63, 3.8) is 0 Å². The van der Waals surface area contributed by atoms with Crippen molar-refractivity contribution in [1.82, 2.24) is 10.2 Å². The number of benzene rings is 2. The Labute approximate surface area is 208 Å². The first kappa shape index (κ1) is 27.7. The molecule has 9 heteroatoms. The lowest BCUT2D eigenvalue weighted by Crippen LogP contribution is -2.47. The highest BCUT2D eigenvalue weighted by molar-refractivity contribution is 7.92. The number of carbonyl (C=O) groups excluding carboxylic acids is 2. The van der Waals surface area contributed by atoms with Crippen molar-refractivity contribution in [2.24, 2.45) is 0 Å². The molecule has 2 rings (SSSR count). The number of amides is 2. The summed E-state index contributed by atoms with van der Waals surface area (Å²) < 4.78 is 26.2. The summed E-state index contributed by atoms with van der Waals surface area (Å²) in [5.74, 6) is -0.438. The number of halogens is 1. The number of carbonyl (C=O) groups is 2. The fourth-order valence-electron chi connectivity index (χ4n) is 3.75. The van der Waals surface area contributed by atoms with E-state index in [2.05, 4.69) is 5.32 Å². The average molecular weight is 508 g/mol. The van der Waals surface area contributed by atoms with Gasteiger partial charge in [-0.25, -0.2) is 8.42 Å². The minimum atomic E-state index is -3.58. The van der Waals surface area contributed by atoms with E-state index < -0.39 is 16.1 Å². The molecule has 0 saturated heterocycles. The Morgan fingerprint density at radius 3 is 2.44 bits per heavy atom. The second kappa shape index (κ2) is 12.2. The summed E-state index contributed by atoms with van der Waals surface area (Å²) in [5, 5.41) is 3.21. The molecule has 186 valence electrons. The highest BCUT2D eigenvalue weighted by Gasteiger charge is 2.26. The van der Waals surface area contributed by atoms with Gasteiger partial charge in [0.1, 0.15) is 6.04 Å². The number of sulfonamides is 1. The van der Waals surface area contributed by atoms with Gasteiger partial charge in [-0.15, -0.1) is 0 Å². The predicted octanol–water partition coefficient (Wildman–Crippen LogP) is 4.06. The number of aryl methyl sites for hydroxylation is 2. The molecule has 0 bridgehead atoms. The van der Waals surface area contributed by atoms with Crippen LogP contribution in [0.15, 0.2) is 42.5 Å². The molecule has 0 saturated carbocycles. The predicted molar refractivity (Wildman–Crippen MR) is 137 cm³/mol. The molecular formula is C25H34ClN3O4S. The van der Waals surface area contributed by atoms with Crippen molar-refractivity contribution in [2.45, 2.75) is 53.1 Å². The standard InChI is InChI=1S/C25H34ClN3O4S/c1-6-27-25(31)20(4)28(17-21-10-7-9-18(2)15-21)24(30)11-8-14-29(34(5,32)33)23-16-22(26)13-12-19(23)3/h7,9-10,12-13,15-16,20H,6,8,11,14,17H2,1-5H3,(H,27,31)/t20-/m0/s1. The summed E-state index contributed by atoms with van der Waals surface area (Å²) in [6.45, 7) is 8.21. The van der Waals surface area contributed by atoms with E-state index in [1.54, 1.807) is 30.0 Å². The lowest BCUT2D eigenvalue weighted by Gasteiger charge is -2.29. The van der Waals surface area contributed by atoms with E-state index in [1.165, 1.54) is 4.31 Å². The van der Waals surface area contributed by atoms with Crippen LogP contribution in [-0.4, -0.2) is 50.5 Å².